The average molecular weight is 928 g/mol. The number of aryl methyl sites for hydroxylation is 1. The zero-order valence-electron chi connectivity index (χ0n) is 42.3. The minimum Gasteiger partial charge on any atom is -0.340 e. The lowest BCUT2D eigenvalue weighted by Gasteiger charge is -2.20. The zero-order valence-corrected chi connectivity index (χ0v) is 42.3. The van der Waals surface area contributed by atoms with Crippen molar-refractivity contribution in [2.24, 2.45) is 11.8 Å². The van der Waals surface area contributed by atoms with E-state index in [0.29, 0.717) is 11.8 Å². The summed E-state index contributed by atoms with van der Waals surface area (Å²) in [4.78, 5) is 11.6. The Hall–Kier alpha value is -6.98. The fourth-order valence-corrected chi connectivity index (χ4v) is 13.0. The molecular weight excluding hydrogens is 863 g/mol. The second-order valence-corrected chi connectivity index (χ2v) is 21.0. The lowest BCUT2D eigenvalue weighted by molar-refractivity contribution is 0.397. The normalized spacial score (nSPS) is 13.5. The summed E-state index contributed by atoms with van der Waals surface area (Å²) in [6.45, 7) is 14.6. The van der Waals surface area contributed by atoms with E-state index >= 15 is 0 Å². The zero-order chi connectivity index (χ0) is 47.9. The van der Waals surface area contributed by atoms with Crippen molar-refractivity contribution in [3.8, 4) is 22.8 Å². The second kappa shape index (κ2) is 17.7. The van der Waals surface area contributed by atoms with Crippen molar-refractivity contribution in [3.05, 3.63) is 133 Å². The average Bonchev–Trinajstić information content (AvgIpc) is 4.09. The van der Waals surface area contributed by atoms with E-state index in [4.69, 9.17) is 9.97 Å². The van der Waals surface area contributed by atoms with Crippen molar-refractivity contribution in [3.63, 3.8) is 0 Å². The van der Waals surface area contributed by atoms with Gasteiger partial charge in [0.2, 0.25) is 0 Å². The number of hydrogen-bond acceptors (Lipinski definition) is 2. The Morgan fingerprint density at radius 1 is 0.394 bits per heavy atom. The molecule has 0 saturated heterocycles. The van der Waals surface area contributed by atoms with Gasteiger partial charge in [-0.15, -0.1) is 0 Å². The minimum atomic E-state index is 0.553. The molecule has 2 unspecified atom stereocenters. The van der Waals surface area contributed by atoms with Gasteiger partial charge in [-0.05, 0) is 111 Å². The molecule has 0 amide bonds. The van der Waals surface area contributed by atoms with Crippen LogP contribution in [0.3, 0.4) is 0 Å². The molecule has 3 heterocycles. The first-order valence-corrected chi connectivity index (χ1v) is 27.2. The fourth-order valence-electron chi connectivity index (χ4n) is 13.0. The van der Waals surface area contributed by atoms with E-state index in [9.17, 15) is 0 Å². The summed E-state index contributed by atoms with van der Waals surface area (Å²) in [7, 11) is 0. The first-order valence-electron chi connectivity index (χ1n) is 27.2. The highest BCUT2D eigenvalue weighted by molar-refractivity contribution is 6.34. The molecule has 0 saturated carbocycles. The number of aromatic nitrogens is 5. The molecule has 0 bridgehead atoms. The number of unbranched alkanes of at least 4 members (excludes halogenated alkanes) is 3. The molecule has 0 N–H and O–H groups in total. The van der Waals surface area contributed by atoms with Crippen molar-refractivity contribution >= 4 is 109 Å². The number of benzene rings is 10. The number of nitrogens with zero attached hydrogens (tertiary/aromatic N) is 5. The van der Waals surface area contributed by atoms with Gasteiger partial charge in [0.15, 0.2) is 0 Å². The number of fused-ring (bicyclic) bond motifs is 9. The lowest BCUT2D eigenvalue weighted by atomic mass is 9.93. The maximum Gasteiger partial charge on any atom is 0.141 e. The van der Waals surface area contributed by atoms with Gasteiger partial charge in [-0.1, -0.05) is 177 Å². The lowest BCUT2D eigenvalue weighted by Crippen LogP contribution is -2.11. The van der Waals surface area contributed by atoms with E-state index in [-0.39, 0.29) is 0 Å². The quantitative estimate of drug-likeness (QED) is 0.0854. The number of imidazole rings is 2. The smallest absolute Gasteiger partial charge is 0.141 e. The molecule has 0 spiro atoms. The van der Waals surface area contributed by atoms with Gasteiger partial charge in [0.25, 0.3) is 0 Å². The Kier molecular flexibility index (Phi) is 11.0. The summed E-state index contributed by atoms with van der Waals surface area (Å²) in [5.41, 5.74) is 9.70. The van der Waals surface area contributed by atoms with Crippen molar-refractivity contribution in [2.45, 2.75) is 118 Å². The van der Waals surface area contributed by atoms with Gasteiger partial charge < -0.3 is 13.7 Å². The first kappa shape index (κ1) is 44.0. The minimum absolute atomic E-state index is 0.553. The van der Waals surface area contributed by atoms with Crippen LogP contribution in [-0.4, -0.2) is 23.7 Å². The standard InChI is InChI=1S/C66H65N5/c1-6-11-18-41(9-4)39-70-63-51-26-16-22-45-30-28-43-20-14-24-49(57(43)59(45)51)61(63)67-65(70)47-32-34-55-53(37-47)54-38-48(33-35-56(54)69(55)36-13-8-3)66-68-62-50-25-15-21-44-29-31-46-23-17-27-52(60(46)58(44)50)64(62)71(66)40-42(10-5)19-12-7-2/h14-17,20-35,37-38,41-42H,6-13,18-19,36,39-40H2,1-5H3. The molecule has 0 fully saturated rings. The van der Waals surface area contributed by atoms with Gasteiger partial charge in [0, 0.05) is 74.1 Å². The van der Waals surface area contributed by atoms with E-state index < -0.39 is 0 Å². The SMILES string of the molecule is CCCCC(CC)Cn1c(-c2ccc3c(c2)c2cc(-c4nc5c6cccc7ccc8cccc(c8c76)c5n4CC(CC)CCCC)ccc2n3CCCC)nc2c3cccc4ccc5cccc(c5c43)c21. The maximum absolute atomic E-state index is 5.81. The van der Waals surface area contributed by atoms with Crippen LogP contribution in [0.5, 0.6) is 0 Å². The van der Waals surface area contributed by atoms with Crippen LogP contribution in [-0.2, 0) is 19.6 Å². The fraction of sp³-hybridized carbons (Fsp3) is 0.303. The predicted octanol–water partition coefficient (Wildman–Crippen LogP) is 18.9. The molecule has 354 valence electrons. The van der Waals surface area contributed by atoms with E-state index in [1.807, 2.05) is 0 Å². The number of hydrogen-bond donors (Lipinski definition) is 0. The topological polar surface area (TPSA) is 40.6 Å². The van der Waals surface area contributed by atoms with Crippen molar-refractivity contribution in [1.82, 2.24) is 23.7 Å². The van der Waals surface area contributed by atoms with Gasteiger partial charge in [0.1, 0.15) is 11.6 Å². The van der Waals surface area contributed by atoms with Crippen LogP contribution < -0.4 is 0 Å². The van der Waals surface area contributed by atoms with Crippen LogP contribution in [0.2, 0.25) is 0 Å². The summed E-state index contributed by atoms with van der Waals surface area (Å²) < 4.78 is 7.85. The van der Waals surface area contributed by atoms with Gasteiger partial charge in [-0.2, -0.15) is 0 Å². The first-order chi connectivity index (χ1) is 35.0. The Morgan fingerprint density at radius 3 is 1.18 bits per heavy atom. The summed E-state index contributed by atoms with van der Waals surface area (Å²) in [5, 5.41) is 18.2. The predicted molar refractivity (Wildman–Crippen MR) is 306 cm³/mol. The van der Waals surface area contributed by atoms with E-state index in [2.05, 4.69) is 182 Å². The maximum atomic E-state index is 5.81. The Labute approximate surface area is 416 Å². The van der Waals surface area contributed by atoms with Gasteiger partial charge in [-0.25, -0.2) is 9.97 Å². The van der Waals surface area contributed by atoms with Crippen LogP contribution in [0.15, 0.2) is 133 Å². The Morgan fingerprint density at radius 2 is 0.789 bits per heavy atom. The van der Waals surface area contributed by atoms with E-state index in [1.165, 1.54) is 147 Å². The molecule has 0 aliphatic carbocycles. The van der Waals surface area contributed by atoms with Crippen LogP contribution in [0.25, 0.3) is 131 Å². The highest BCUT2D eigenvalue weighted by atomic mass is 15.1. The molecule has 2 atom stereocenters. The summed E-state index contributed by atoms with van der Waals surface area (Å²) >= 11 is 0. The Bertz CT molecular complexity index is 3860. The highest BCUT2D eigenvalue weighted by Crippen LogP contribution is 2.46. The molecule has 0 aliphatic heterocycles. The van der Waals surface area contributed by atoms with Gasteiger partial charge in [0.05, 0.1) is 22.1 Å². The molecule has 71 heavy (non-hydrogen) atoms. The molecular formula is C66H65N5. The molecule has 13 rings (SSSR count). The largest absolute Gasteiger partial charge is 0.340 e. The summed E-state index contributed by atoms with van der Waals surface area (Å²) in [6.07, 6.45) is 11.9. The molecule has 5 nitrogen and oxygen atoms in total. The van der Waals surface area contributed by atoms with Crippen molar-refractivity contribution < 1.29 is 0 Å². The Balaban J connectivity index is 1.07. The third-order valence-corrected chi connectivity index (χ3v) is 16.8. The molecule has 3 aromatic heterocycles. The number of rotatable bonds is 17. The molecule has 13 aromatic rings. The van der Waals surface area contributed by atoms with Gasteiger partial charge in [-0.3, -0.25) is 0 Å². The van der Waals surface area contributed by atoms with Crippen LogP contribution in [0.4, 0.5) is 0 Å². The van der Waals surface area contributed by atoms with E-state index in [0.717, 1.165) is 68.0 Å². The monoisotopic (exact) mass is 928 g/mol. The summed E-state index contributed by atoms with van der Waals surface area (Å²) in [6, 6.07) is 51.1. The third-order valence-electron chi connectivity index (χ3n) is 16.8. The molecule has 0 aliphatic rings. The van der Waals surface area contributed by atoms with Gasteiger partial charge >= 0.3 is 0 Å². The molecule has 10 aromatic carbocycles. The van der Waals surface area contributed by atoms with Crippen LogP contribution in [0, 0.1) is 11.8 Å². The molecule has 5 heteroatoms. The third kappa shape index (κ3) is 6.85. The summed E-state index contributed by atoms with van der Waals surface area (Å²) in [5.74, 6) is 3.25. The van der Waals surface area contributed by atoms with Crippen LogP contribution >= 0.6 is 0 Å². The van der Waals surface area contributed by atoms with Crippen LogP contribution in [0.1, 0.15) is 98.8 Å². The highest BCUT2D eigenvalue weighted by Gasteiger charge is 2.26. The molecule has 0 radical (unpaired) electrons. The second-order valence-electron chi connectivity index (χ2n) is 21.0. The van der Waals surface area contributed by atoms with E-state index in [1.54, 1.807) is 0 Å². The van der Waals surface area contributed by atoms with Crippen molar-refractivity contribution in [1.29, 1.82) is 0 Å². The van der Waals surface area contributed by atoms with Crippen molar-refractivity contribution in [2.75, 3.05) is 0 Å².